The summed E-state index contributed by atoms with van der Waals surface area (Å²) >= 11 is 1.24. The molecule has 0 unspecified atom stereocenters. The molecular formula is C24H21N3O4S. The van der Waals surface area contributed by atoms with Crippen molar-refractivity contribution in [3.8, 4) is 17.0 Å². The Kier molecular flexibility index (Phi) is 6.04. The molecular weight excluding hydrogens is 426 g/mol. The predicted molar refractivity (Wildman–Crippen MR) is 126 cm³/mol. The number of nitrogen functional groups attached to an aromatic ring is 1. The highest BCUT2D eigenvalue weighted by molar-refractivity contribution is 7.21. The molecule has 4 rings (SSSR count). The van der Waals surface area contributed by atoms with Gasteiger partial charge in [-0.15, -0.1) is 11.3 Å². The Hall–Kier alpha value is -3.91. The normalized spacial score (nSPS) is 10.7. The van der Waals surface area contributed by atoms with Crippen molar-refractivity contribution in [3.63, 3.8) is 0 Å². The van der Waals surface area contributed by atoms with Crippen LogP contribution in [0.3, 0.4) is 0 Å². The van der Waals surface area contributed by atoms with Crippen molar-refractivity contribution in [2.75, 3.05) is 24.8 Å². The Labute approximate surface area is 188 Å². The van der Waals surface area contributed by atoms with Crippen LogP contribution in [0.5, 0.6) is 5.75 Å². The lowest BCUT2D eigenvalue weighted by molar-refractivity contribution is 0.0526. The first-order chi connectivity index (χ1) is 15.5. The number of thiophene rings is 1. The molecule has 0 fully saturated rings. The van der Waals surface area contributed by atoms with Gasteiger partial charge in [0.15, 0.2) is 0 Å². The number of anilines is 2. The van der Waals surface area contributed by atoms with E-state index in [1.54, 1.807) is 38.3 Å². The van der Waals surface area contributed by atoms with Crippen LogP contribution >= 0.6 is 11.3 Å². The van der Waals surface area contributed by atoms with Gasteiger partial charge in [0.05, 0.1) is 30.7 Å². The zero-order chi connectivity index (χ0) is 22.7. The second-order valence-electron chi connectivity index (χ2n) is 6.87. The van der Waals surface area contributed by atoms with Crippen molar-refractivity contribution in [2.24, 2.45) is 0 Å². The van der Waals surface area contributed by atoms with E-state index in [-0.39, 0.29) is 5.91 Å². The maximum atomic E-state index is 12.8. The third-order valence-electron chi connectivity index (χ3n) is 4.84. The zero-order valence-electron chi connectivity index (χ0n) is 17.5. The molecule has 0 atom stereocenters. The van der Waals surface area contributed by atoms with E-state index in [1.165, 1.54) is 11.3 Å². The molecule has 3 N–H and O–H groups in total. The van der Waals surface area contributed by atoms with Crippen LogP contribution in [0.25, 0.3) is 21.5 Å². The van der Waals surface area contributed by atoms with Crippen LogP contribution in [0, 0.1) is 0 Å². The smallest absolute Gasteiger partial charge is 0.338 e. The van der Waals surface area contributed by atoms with E-state index in [2.05, 4.69) is 10.3 Å². The summed E-state index contributed by atoms with van der Waals surface area (Å²) in [5.41, 5.74) is 9.32. The van der Waals surface area contributed by atoms with Crippen molar-refractivity contribution in [3.05, 3.63) is 71.1 Å². The van der Waals surface area contributed by atoms with E-state index < -0.39 is 5.97 Å². The Balaban J connectivity index is 1.56. The highest BCUT2D eigenvalue weighted by atomic mass is 32.1. The van der Waals surface area contributed by atoms with Gasteiger partial charge in [0, 0.05) is 16.6 Å². The van der Waals surface area contributed by atoms with Gasteiger partial charge in [0.25, 0.3) is 5.91 Å². The van der Waals surface area contributed by atoms with Crippen LogP contribution < -0.4 is 15.8 Å². The number of hydrogen-bond acceptors (Lipinski definition) is 7. The van der Waals surface area contributed by atoms with Crippen LogP contribution in [0.2, 0.25) is 0 Å². The molecule has 0 saturated carbocycles. The highest BCUT2D eigenvalue weighted by Crippen LogP contribution is 2.35. The monoisotopic (exact) mass is 447 g/mol. The number of rotatable bonds is 6. The van der Waals surface area contributed by atoms with Crippen LogP contribution in [-0.4, -0.2) is 30.6 Å². The van der Waals surface area contributed by atoms with Gasteiger partial charge in [-0.3, -0.25) is 4.79 Å². The topological polar surface area (TPSA) is 104 Å². The fourth-order valence-corrected chi connectivity index (χ4v) is 4.17. The van der Waals surface area contributed by atoms with Gasteiger partial charge in [-0.2, -0.15) is 0 Å². The van der Waals surface area contributed by atoms with Crippen LogP contribution in [0.4, 0.5) is 11.4 Å². The van der Waals surface area contributed by atoms with E-state index in [1.807, 2.05) is 36.4 Å². The van der Waals surface area contributed by atoms with Gasteiger partial charge in [-0.05, 0) is 67.6 Å². The molecule has 0 bridgehead atoms. The molecule has 2 aromatic carbocycles. The fourth-order valence-electron chi connectivity index (χ4n) is 3.18. The minimum Gasteiger partial charge on any atom is -0.497 e. The minimum atomic E-state index is -0.405. The summed E-state index contributed by atoms with van der Waals surface area (Å²) in [6, 6.07) is 17.8. The van der Waals surface area contributed by atoms with E-state index in [0.29, 0.717) is 33.3 Å². The average Bonchev–Trinajstić information content (AvgIpc) is 3.15. The SMILES string of the molecule is CCOC(=O)c1ccc(NC(=O)c2sc3nc(-c4ccc(OC)cc4)ccc3c2N)cc1. The van der Waals surface area contributed by atoms with Gasteiger partial charge in [-0.1, -0.05) is 0 Å². The number of carbonyl (C=O) groups is 2. The molecule has 7 nitrogen and oxygen atoms in total. The summed E-state index contributed by atoms with van der Waals surface area (Å²) in [5, 5.41) is 3.55. The van der Waals surface area contributed by atoms with Gasteiger partial charge in [0.2, 0.25) is 0 Å². The van der Waals surface area contributed by atoms with Crippen molar-refractivity contribution in [2.45, 2.75) is 6.92 Å². The second kappa shape index (κ2) is 9.07. The molecule has 0 aliphatic heterocycles. The van der Waals surface area contributed by atoms with Gasteiger partial charge >= 0.3 is 5.97 Å². The van der Waals surface area contributed by atoms with Crippen molar-refractivity contribution >= 4 is 44.8 Å². The van der Waals surface area contributed by atoms with Crippen molar-refractivity contribution < 1.29 is 19.1 Å². The number of ether oxygens (including phenoxy) is 2. The Morgan fingerprint density at radius 3 is 2.41 bits per heavy atom. The third kappa shape index (κ3) is 4.26. The average molecular weight is 448 g/mol. The molecule has 1 amide bonds. The molecule has 0 radical (unpaired) electrons. The van der Waals surface area contributed by atoms with Gasteiger partial charge in [-0.25, -0.2) is 9.78 Å². The molecule has 2 heterocycles. The number of methoxy groups -OCH3 is 1. The number of nitrogens with zero attached hydrogens (tertiary/aromatic N) is 1. The Morgan fingerprint density at radius 2 is 1.75 bits per heavy atom. The quantitative estimate of drug-likeness (QED) is 0.404. The Morgan fingerprint density at radius 1 is 1.03 bits per heavy atom. The number of pyridine rings is 1. The molecule has 162 valence electrons. The summed E-state index contributed by atoms with van der Waals surface area (Å²) in [7, 11) is 1.62. The summed E-state index contributed by atoms with van der Waals surface area (Å²) < 4.78 is 10.2. The summed E-state index contributed by atoms with van der Waals surface area (Å²) in [6.45, 7) is 2.05. The number of nitrogens with two attached hydrogens (primary N) is 1. The molecule has 0 aliphatic carbocycles. The number of hydrogen-bond donors (Lipinski definition) is 2. The van der Waals surface area contributed by atoms with Crippen LogP contribution in [-0.2, 0) is 4.74 Å². The number of amides is 1. The van der Waals surface area contributed by atoms with E-state index in [0.717, 1.165) is 22.4 Å². The van der Waals surface area contributed by atoms with Crippen molar-refractivity contribution in [1.82, 2.24) is 4.98 Å². The zero-order valence-corrected chi connectivity index (χ0v) is 18.4. The molecule has 0 spiro atoms. The molecule has 8 heteroatoms. The minimum absolute atomic E-state index is 0.302. The second-order valence-corrected chi connectivity index (χ2v) is 7.87. The number of fused-ring (bicyclic) bond motifs is 1. The molecule has 0 aliphatic rings. The lowest BCUT2D eigenvalue weighted by Gasteiger charge is -2.06. The van der Waals surface area contributed by atoms with E-state index >= 15 is 0 Å². The number of esters is 1. The predicted octanol–water partition coefficient (Wildman–Crippen LogP) is 4.98. The first kappa shape index (κ1) is 21.3. The Bertz CT molecular complexity index is 1280. The fraction of sp³-hybridized carbons (Fsp3) is 0.125. The van der Waals surface area contributed by atoms with Gasteiger partial charge < -0.3 is 20.5 Å². The highest BCUT2D eigenvalue weighted by Gasteiger charge is 2.18. The maximum Gasteiger partial charge on any atom is 0.338 e. The number of carbonyl (C=O) groups excluding carboxylic acids is 2. The maximum absolute atomic E-state index is 12.8. The third-order valence-corrected chi connectivity index (χ3v) is 5.95. The van der Waals surface area contributed by atoms with Crippen molar-refractivity contribution in [1.29, 1.82) is 0 Å². The number of nitrogens with one attached hydrogen (secondary N) is 1. The first-order valence-electron chi connectivity index (χ1n) is 9.92. The number of benzene rings is 2. The van der Waals surface area contributed by atoms with Crippen LogP contribution in [0.15, 0.2) is 60.7 Å². The van der Waals surface area contributed by atoms with Crippen LogP contribution in [0.1, 0.15) is 27.0 Å². The standard InChI is InChI=1S/C24H21N3O4S/c1-3-31-24(29)15-4-8-16(9-5-15)26-22(28)21-20(25)18-12-13-19(27-23(18)32-21)14-6-10-17(30-2)11-7-14/h4-13H,3,25H2,1-2H3,(H,26,28). The molecule has 0 saturated heterocycles. The molecule has 4 aromatic rings. The molecule has 2 aromatic heterocycles. The molecule has 32 heavy (non-hydrogen) atoms. The lowest BCUT2D eigenvalue weighted by Crippen LogP contribution is -2.12. The summed E-state index contributed by atoms with van der Waals surface area (Å²) in [4.78, 5) is 30.4. The lowest BCUT2D eigenvalue weighted by atomic mass is 10.1. The summed E-state index contributed by atoms with van der Waals surface area (Å²) in [5.74, 6) is 0.0303. The summed E-state index contributed by atoms with van der Waals surface area (Å²) in [6.07, 6.45) is 0. The van der Waals surface area contributed by atoms with E-state index in [4.69, 9.17) is 15.2 Å². The van der Waals surface area contributed by atoms with Gasteiger partial charge in [0.1, 0.15) is 15.5 Å². The largest absolute Gasteiger partial charge is 0.497 e. The first-order valence-corrected chi connectivity index (χ1v) is 10.7. The number of aromatic nitrogens is 1. The van der Waals surface area contributed by atoms with E-state index in [9.17, 15) is 9.59 Å².